The van der Waals surface area contributed by atoms with Gasteiger partial charge in [0.15, 0.2) is 5.69 Å². The van der Waals surface area contributed by atoms with Crippen LogP contribution in [-0.4, -0.2) is 29.4 Å². The Hall–Kier alpha value is -2.15. The third-order valence-corrected chi connectivity index (χ3v) is 3.79. The Labute approximate surface area is 143 Å². The van der Waals surface area contributed by atoms with Gasteiger partial charge in [0.1, 0.15) is 5.75 Å². The third kappa shape index (κ3) is 4.41. The first-order valence-electron chi connectivity index (χ1n) is 7.04. The number of methoxy groups -OCH3 is 1. The summed E-state index contributed by atoms with van der Waals surface area (Å²) in [6.07, 6.45) is 1.55. The average Bonchev–Trinajstić information content (AvgIpc) is 2.97. The Kier molecular flexibility index (Phi) is 5.20. The van der Waals surface area contributed by atoms with Crippen molar-refractivity contribution in [2.75, 3.05) is 7.11 Å². The number of nitrogens with zero attached hydrogens (tertiary/aromatic N) is 2. The number of carbonyl (C=O) groups excluding carboxylic acids is 1. The molecule has 0 unspecified atom stereocenters. The maximum Gasteiger partial charge on any atom is 0.291 e. The van der Waals surface area contributed by atoms with Gasteiger partial charge in [-0.3, -0.25) is 9.89 Å². The smallest absolute Gasteiger partial charge is 0.291 e. The van der Waals surface area contributed by atoms with Gasteiger partial charge in [0.25, 0.3) is 5.91 Å². The van der Waals surface area contributed by atoms with Gasteiger partial charge in [-0.2, -0.15) is 10.2 Å². The molecule has 2 N–H and O–H groups in total. The van der Waals surface area contributed by atoms with Gasteiger partial charge in [-0.1, -0.05) is 20.8 Å². The molecule has 0 saturated carbocycles. The van der Waals surface area contributed by atoms with Gasteiger partial charge in [-0.05, 0) is 45.8 Å². The van der Waals surface area contributed by atoms with Crippen LogP contribution in [0.15, 0.2) is 33.8 Å². The second kappa shape index (κ2) is 6.95. The number of halogens is 1. The van der Waals surface area contributed by atoms with Gasteiger partial charge in [-0.15, -0.1) is 0 Å². The summed E-state index contributed by atoms with van der Waals surface area (Å²) in [5, 5.41) is 10.8. The number of H-pyrrole nitrogens is 1. The number of hydrogen-bond donors (Lipinski definition) is 2. The Morgan fingerprint density at radius 2 is 2.13 bits per heavy atom. The summed E-state index contributed by atoms with van der Waals surface area (Å²) in [6.45, 7) is 6.13. The quantitative estimate of drug-likeness (QED) is 0.632. The normalized spacial score (nSPS) is 11.7. The molecule has 1 aromatic heterocycles. The molecular formula is C16H19BrN4O2. The minimum absolute atomic E-state index is 0.0931. The molecule has 122 valence electrons. The highest BCUT2D eigenvalue weighted by atomic mass is 79.9. The first-order chi connectivity index (χ1) is 10.8. The maximum atomic E-state index is 12.0. The van der Waals surface area contributed by atoms with Crippen molar-refractivity contribution < 1.29 is 9.53 Å². The lowest BCUT2D eigenvalue weighted by atomic mass is 9.92. The molecule has 2 rings (SSSR count). The van der Waals surface area contributed by atoms with Crippen LogP contribution in [0, 0.1) is 0 Å². The number of amides is 1. The summed E-state index contributed by atoms with van der Waals surface area (Å²) >= 11 is 3.40. The molecule has 7 heteroatoms. The van der Waals surface area contributed by atoms with Crippen molar-refractivity contribution >= 4 is 28.1 Å². The predicted molar refractivity (Wildman–Crippen MR) is 93.0 cm³/mol. The summed E-state index contributed by atoms with van der Waals surface area (Å²) in [5.74, 6) is 0.373. The molecule has 0 saturated heterocycles. The van der Waals surface area contributed by atoms with E-state index in [1.165, 1.54) is 0 Å². The number of aromatic nitrogens is 2. The molecule has 2 aromatic rings. The van der Waals surface area contributed by atoms with Crippen molar-refractivity contribution in [2.45, 2.75) is 26.2 Å². The molecule has 0 spiro atoms. The average molecular weight is 379 g/mol. The van der Waals surface area contributed by atoms with Crippen LogP contribution in [0.1, 0.15) is 42.5 Å². The Balaban J connectivity index is 2.01. The van der Waals surface area contributed by atoms with E-state index in [-0.39, 0.29) is 11.3 Å². The van der Waals surface area contributed by atoms with Crippen LogP contribution in [0.3, 0.4) is 0 Å². The minimum Gasteiger partial charge on any atom is -0.496 e. The lowest BCUT2D eigenvalue weighted by Crippen LogP contribution is -2.18. The Morgan fingerprint density at radius 3 is 2.70 bits per heavy atom. The number of hydrazone groups is 1. The largest absolute Gasteiger partial charge is 0.496 e. The topological polar surface area (TPSA) is 79.4 Å². The zero-order chi connectivity index (χ0) is 17.0. The van der Waals surface area contributed by atoms with Crippen LogP contribution >= 0.6 is 15.9 Å². The van der Waals surface area contributed by atoms with Crippen LogP contribution in [0.25, 0.3) is 0 Å². The first-order valence-corrected chi connectivity index (χ1v) is 7.83. The Morgan fingerprint density at radius 1 is 1.39 bits per heavy atom. The highest BCUT2D eigenvalue weighted by Crippen LogP contribution is 2.24. The Bertz CT molecular complexity index is 732. The molecule has 0 aliphatic carbocycles. The second-order valence-corrected chi connectivity index (χ2v) is 6.86. The van der Waals surface area contributed by atoms with E-state index >= 15 is 0 Å². The molecule has 1 aromatic carbocycles. The van der Waals surface area contributed by atoms with E-state index in [1.807, 2.05) is 39.0 Å². The van der Waals surface area contributed by atoms with Crippen molar-refractivity contribution in [2.24, 2.45) is 5.10 Å². The number of hydrogen-bond acceptors (Lipinski definition) is 4. The van der Waals surface area contributed by atoms with Crippen molar-refractivity contribution in [1.29, 1.82) is 0 Å². The lowest BCUT2D eigenvalue weighted by molar-refractivity contribution is 0.0950. The highest BCUT2D eigenvalue weighted by molar-refractivity contribution is 9.10. The van der Waals surface area contributed by atoms with E-state index in [0.29, 0.717) is 5.69 Å². The number of ether oxygens (including phenoxy) is 1. The molecular weight excluding hydrogens is 360 g/mol. The molecule has 23 heavy (non-hydrogen) atoms. The van der Waals surface area contributed by atoms with Gasteiger partial charge in [0, 0.05) is 11.1 Å². The summed E-state index contributed by atoms with van der Waals surface area (Å²) in [6, 6.07) is 7.23. The van der Waals surface area contributed by atoms with Gasteiger partial charge < -0.3 is 4.74 Å². The van der Waals surface area contributed by atoms with E-state index in [9.17, 15) is 4.79 Å². The van der Waals surface area contributed by atoms with Crippen LogP contribution < -0.4 is 10.2 Å². The van der Waals surface area contributed by atoms with E-state index in [0.717, 1.165) is 21.5 Å². The number of aromatic amines is 1. The predicted octanol–water partition coefficient (Wildman–Crippen LogP) is 3.24. The number of nitrogens with one attached hydrogen (secondary N) is 2. The number of benzene rings is 1. The molecule has 0 atom stereocenters. The molecule has 0 bridgehead atoms. The lowest BCUT2D eigenvalue weighted by Gasteiger charge is -2.14. The molecule has 1 amide bonds. The second-order valence-electron chi connectivity index (χ2n) is 6.01. The van der Waals surface area contributed by atoms with Crippen molar-refractivity contribution in [3.05, 3.63) is 45.7 Å². The number of carbonyl (C=O) groups is 1. The molecule has 0 fully saturated rings. The molecule has 1 heterocycles. The number of rotatable bonds is 4. The van der Waals surface area contributed by atoms with Crippen LogP contribution in [0.2, 0.25) is 0 Å². The van der Waals surface area contributed by atoms with Crippen LogP contribution in [-0.2, 0) is 5.41 Å². The molecule has 0 aliphatic heterocycles. The SMILES string of the molecule is COc1ccc(C=NNC(=O)c2cc(C(C)(C)C)[nH]n2)cc1Br. The fraction of sp³-hybridized carbons (Fsp3) is 0.312. The maximum absolute atomic E-state index is 12.0. The zero-order valence-corrected chi connectivity index (χ0v) is 15.1. The molecule has 0 aliphatic rings. The van der Waals surface area contributed by atoms with E-state index in [1.54, 1.807) is 19.4 Å². The van der Waals surface area contributed by atoms with Gasteiger partial charge in [0.05, 0.1) is 17.8 Å². The van der Waals surface area contributed by atoms with Crippen molar-refractivity contribution in [3.63, 3.8) is 0 Å². The van der Waals surface area contributed by atoms with Crippen molar-refractivity contribution in [1.82, 2.24) is 15.6 Å². The van der Waals surface area contributed by atoms with Gasteiger partial charge in [0.2, 0.25) is 0 Å². The highest BCUT2D eigenvalue weighted by Gasteiger charge is 2.19. The van der Waals surface area contributed by atoms with Crippen LogP contribution in [0.5, 0.6) is 5.75 Å². The molecule has 0 radical (unpaired) electrons. The summed E-state index contributed by atoms with van der Waals surface area (Å²) in [4.78, 5) is 12.0. The fourth-order valence-corrected chi connectivity index (χ4v) is 2.37. The summed E-state index contributed by atoms with van der Waals surface area (Å²) in [7, 11) is 1.60. The van der Waals surface area contributed by atoms with E-state index < -0.39 is 0 Å². The molecule has 6 nitrogen and oxygen atoms in total. The van der Waals surface area contributed by atoms with Crippen molar-refractivity contribution in [3.8, 4) is 5.75 Å². The van der Waals surface area contributed by atoms with E-state index in [2.05, 4.69) is 36.7 Å². The summed E-state index contributed by atoms with van der Waals surface area (Å²) in [5.41, 5.74) is 4.40. The minimum atomic E-state index is -0.361. The first kappa shape index (κ1) is 17.2. The van der Waals surface area contributed by atoms with Crippen LogP contribution in [0.4, 0.5) is 0 Å². The van der Waals surface area contributed by atoms with E-state index in [4.69, 9.17) is 4.74 Å². The van der Waals surface area contributed by atoms with Gasteiger partial charge in [-0.25, -0.2) is 5.43 Å². The summed E-state index contributed by atoms with van der Waals surface area (Å²) < 4.78 is 5.97. The third-order valence-electron chi connectivity index (χ3n) is 3.17. The standard InChI is InChI=1S/C16H19BrN4O2/c1-16(2,3)14-8-12(19-20-14)15(22)21-18-9-10-5-6-13(23-4)11(17)7-10/h5-9H,1-4H3,(H,19,20)(H,21,22). The monoisotopic (exact) mass is 378 g/mol. The van der Waals surface area contributed by atoms with Gasteiger partial charge >= 0.3 is 0 Å². The fourth-order valence-electron chi connectivity index (χ4n) is 1.81. The zero-order valence-electron chi connectivity index (χ0n) is 13.5.